The summed E-state index contributed by atoms with van der Waals surface area (Å²) in [6.45, 7) is 5.96. The first kappa shape index (κ1) is 16.6. The molecule has 0 saturated carbocycles. The molecule has 2 N–H and O–H groups in total. The van der Waals surface area contributed by atoms with Gasteiger partial charge in [-0.05, 0) is 5.56 Å². The SMILES string of the molecule is O=C(N[C@H]1C2CN3CCN(C2)CC1(c1ccccc1)C3)c1ncc[nH]c1=O. The Hall–Kier alpha value is -2.51. The lowest BCUT2D eigenvalue weighted by Gasteiger charge is -2.55. The molecule has 4 bridgehead atoms. The zero-order valence-corrected chi connectivity index (χ0v) is 15.1. The molecule has 4 aliphatic rings. The van der Waals surface area contributed by atoms with Crippen LogP contribution in [0.1, 0.15) is 16.1 Å². The van der Waals surface area contributed by atoms with Crippen molar-refractivity contribution >= 4 is 5.91 Å². The van der Waals surface area contributed by atoms with Crippen LogP contribution in [0.25, 0.3) is 0 Å². The van der Waals surface area contributed by atoms with Crippen molar-refractivity contribution < 1.29 is 4.79 Å². The van der Waals surface area contributed by atoms with E-state index < -0.39 is 5.56 Å². The van der Waals surface area contributed by atoms with Crippen LogP contribution < -0.4 is 10.9 Å². The second-order valence-corrected chi connectivity index (χ2v) is 7.97. The maximum Gasteiger partial charge on any atom is 0.279 e. The van der Waals surface area contributed by atoms with Gasteiger partial charge in [0.25, 0.3) is 11.5 Å². The molecule has 5 heterocycles. The molecule has 7 heteroatoms. The van der Waals surface area contributed by atoms with E-state index in [-0.39, 0.29) is 23.1 Å². The van der Waals surface area contributed by atoms with E-state index in [0.29, 0.717) is 5.92 Å². The molecule has 6 rings (SSSR count). The van der Waals surface area contributed by atoms with E-state index >= 15 is 0 Å². The smallest absolute Gasteiger partial charge is 0.279 e. The molecule has 2 aromatic rings. The molecule has 1 aromatic heterocycles. The van der Waals surface area contributed by atoms with Crippen molar-refractivity contribution in [2.75, 3.05) is 39.3 Å². The second kappa shape index (κ2) is 6.28. The predicted octanol–water partition coefficient (Wildman–Crippen LogP) is 0.0673. The fourth-order valence-corrected chi connectivity index (χ4v) is 5.29. The van der Waals surface area contributed by atoms with E-state index in [2.05, 4.69) is 49.4 Å². The van der Waals surface area contributed by atoms with Crippen LogP contribution in [-0.4, -0.2) is 71.0 Å². The molecule has 0 radical (unpaired) electrons. The minimum absolute atomic E-state index is 0.0144. The average Bonchev–Trinajstić information content (AvgIpc) is 2.94. The number of carbonyl (C=O) groups is 1. The lowest BCUT2D eigenvalue weighted by Crippen LogP contribution is -2.70. The van der Waals surface area contributed by atoms with Crippen molar-refractivity contribution in [2.24, 2.45) is 5.92 Å². The number of hydrogen-bond donors (Lipinski definition) is 2. The van der Waals surface area contributed by atoms with Crippen LogP contribution in [0.15, 0.2) is 47.5 Å². The van der Waals surface area contributed by atoms with Crippen molar-refractivity contribution in [1.29, 1.82) is 0 Å². The number of benzene rings is 1. The van der Waals surface area contributed by atoms with Gasteiger partial charge >= 0.3 is 0 Å². The van der Waals surface area contributed by atoms with Crippen LogP contribution in [-0.2, 0) is 5.41 Å². The number of nitrogens with one attached hydrogen (secondary N) is 2. The number of rotatable bonds is 3. The van der Waals surface area contributed by atoms with Gasteiger partial charge in [0.15, 0.2) is 5.69 Å². The molecule has 4 saturated heterocycles. The van der Waals surface area contributed by atoms with E-state index in [9.17, 15) is 9.59 Å². The lowest BCUT2D eigenvalue weighted by atomic mass is 9.64. The normalized spacial score (nSPS) is 34.2. The number of fused-ring (bicyclic) bond motifs is 1. The minimum Gasteiger partial charge on any atom is -0.346 e. The molecule has 4 fully saturated rings. The summed E-state index contributed by atoms with van der Waals surface area (Å²) in [6, 6.07) is 10.5. The zero-order valence-electron chi connectivity index (χ0n) is 15.1. The lowest BCUT2D eigenvalue weighted by molar-refractivity contribution is 0.0179. The van der Waals surface area contributed by atoms with Crippen LogP contribution >= 0.6 is 0 Å². The third-order valence-electron chi connectivity index (χ3n) is 6.35. The summed E-state index contributed by atoms with van der Waals surface area (Å²) in [7, 11) is 0. The van der Waals surface area contributed by atoms with Gasteiger partial charge in [0.05, 0.1) is 0 Å². The van der Waals surface area contributed by atoms with Crippen molar-refractivity contribution in [3.63, 3.8) is 0 Å². The van der Waals surface area contributed by atoms with Gasteiger partial charge in [0.2, 0.25) is 0 Å². The summed E-state index contributed by atoms with van der Waals surface area (Å²) in [4.78, 5) is 36.5. The van der Waals surface area contributed by atoms with Gasteiger partial charge in [-0.15, -0.1) is 0 Å². The molecule has 1 amide bonds. The molecule has 2 unspecified atom stereocenters. The Morgan fingerprint density at radius 3 is 2.52 bits per heavy atom. The molecule has 27 heavy (non-hydrogen) atoms. The number of piperidine rings is 2. The predicted molar refractivity (Wildman–Crippen MR) is 101 cm³/mol. The van der Waals surface area contributed by atoms with E-state index in [1.807, 2.05) is 6.07 Å². The Balaban J connectivity index is 1.55. The summed E-state index contributed by atoms with van der Waals surface area (Å²) in [5.41, 5.74) is 0.577. The van der Waals surface area contributed by atoms with E-state index in [1.54, 1.807) is 0 Å². The third-order valence-corrected chi connectivity index (χ3v) is 6.35. The molecule has 7 nitrogen and oxygen atoms in total. The van der Waals surface area contributed by atoms with Gasteiger partial charge in [-0.1, -0.05) is 30.3 Å². The maximum atomic E-state index is 12.9. The van der Waals surface area contributed by atoms with Gasteiger partial charge in [0.1, 0.15) is 0 Å². The van der Waals surface area contributed by atoms with Gasteiger partial charge in [-0.3, -0.25) is 9.59 Å². The van der Waals surface area contributed by atoms with Crippen molar-refractivity contribution in [3.05, 3.63) is 64.3 Å². The highest BCUT2D eigenvalue weighted by atomic mass is 16.2. The Morgan fingerprint density at radius 2 is 1.85 bits per heavy atom. The van der Waals surface area contributed by atoms with Gasteiger partial charge in [0, 0.05) is 69.0 Å². The first-order valence-corrected chi connectivity index (χ1v) is 9.50. The quantitative estimate of drug-likeness (QED) is 0.804. The van der Waals surface area contributed by atoms with Crippen molar-refractivity contribution in [1.82, 2.24) is 25.1 Å². The summed E-state index contributed by atoms with van der Waals surface area (Å²) in [6.07, 6.45) is 2.89. The Labute approximate surface area is 157 Å². The minimum atomic E-state index is -0.447. The van der Waals surface area contributed by atoms with Crippen LogP contribution in [0.2, 0.25) is 0 Å². The summed E-state index contributed by atoms with van der Waals surface area (Å²) < 4.78 is 0. The summed E-state index contributed by atoms with van der Waals surface area (Å²) in [5.74, 6) is -0.0461. The Kier molecular flexibility index (Phi) is 3.87. The zero-order chi connectivity index (χ0) is 18.4. The second-order valence-electron chi connectivity index (χ2n) is 7.97. The Bertz CT molecular complexity index is 896. The third kappa shape index (κ3) is 2.69. The summed E-state index contributed by atoms with van der Waals surface area (Å²) >= 11 is 0. The highest BCUT2D eigenvalue weighted by molar-refractivity contribution is 5.92. The summed E-state index contributed by atoms with van der Waals surface area (Å²) in [5, 5.41) is 3.21. The van der Waals surface area contributed by atoms with E-state index in [4.69, 9.17) is 0 Å². The van der Waals surface area contributed by atoms with Crippen LogP contribution in [0.3, 0.4) is 0 Å². The first-order chi connectivity index (χ1) is 13.2. The van der Waals surface area contributed by atoms with Gasteiger partial charge in [-0.25, -0.2) is 4.98 Å². The van der Waals surface area contributed by atoms with Crippen LogP contribution in [0.5, 0.6) is 0 Å². The fraction of sp³-hybridized carbons (Fsp3) is 0.450. The molecular weight excluding hydrogens is 342 g/mol. The van der Waals surface area contributed by atoms with E-state index in [0.717, 1.165) is 39.3 Å². The molecule has 4 aliphatic heterocycles. The first-order valence-electron chi connectivity index (χ1n) is 9.50. The van der Waals surface area contributed by atoms with Gasteiger partial charge in [-0.2, -0.15) is 0 Å². The number of aromatic nitrogens is 2. The standard InChI is InChI=1S/C20H23N5O2/c26-18-16(21-6-7-22-18)19(27)23-17-14-10-24-8-9-25(11-14)13-20(17,12-24)15-4-2-1-3-5-15/h1-7,14,17H,8-13H2,(H,22,26)(H,23,27)/t14?,17-,20?/m0/s1. The van der Waals surface area contributed by atoms with E-state index in [1.165, 1.54) is 18.0 Å². The number of H-pyrrole nitrogens is 1. The number of aromatic amines is 1. The van der Waals surface area contributed by atoms with Gasteiger partial charge < -0.3 is 20.1 Å². The molecule has 140 valence electrons. The highest BCUT2D eigenvalue weighted by Crippen LogP contribution is 2.43. The van der Waals surface area contributed by atoms with Crippen LogP contribution in [0, 0.1) is 5.92 Å². The van der Waals surface area contributed by atoms with Crippen molar-refractivity contribution in [2.45, 2.75) is 11.5 Å². The van der Waals surface area contributed by atoms with Crippen molar-refractivity contribution in [3.8, 4) is 0 Å². The Morgan fingerprint density at radius 1 is 1.15 bits per heavy atom. The molecule has 0 spiro atoms. The maximum absolute atomic E-state index is 12.9. The van der Waals surface area contributed by atoms with Crippen LogP contribution in [0.4, 0.5) is 0 Å². The topological polar surface area (TPSA) is 81.3 Å². The monoisotopic (exact) mass is 365 g/mol. The molecule has 0 aliphatic carbocycles. The number of carbonyl (C=O) groups excluding carboxylic acids is 1. The molecule has 1 aromatic carbocycles. The molecule has 3 atom stereocenters. The number of amides is 1. The number of hydrogen-bond acceptors (Lipinski definition) is 5. The molecular formula is C20H23N5O2. The average molecular weight is 365 g/mol. The fourth-order valence-electron chi connectivity index (χ4n) is 5.29. The number of nitrogens with zero attached hydrogens (tertiary/aromatic N) is 3. The largest absolute Gasteiger partial charge is 0.346 e. The highest BCUT2D eigenvalue weighted by Gasteiger charge is 2.55.